The van der Waals surface area contributed by atoms with Crippen molar-refractivity contribution in [2.45, 2.75) is 37.6 Å². The summed E-state index contributed by atoms with van der Waals surface area (Å²) >= 11 is 6.08. The van der Waals surface area contributed by atoms with Crippen LogP contribution in [-0.4, -0.2) is 50.7 Å². The zero-order valence-electron chi connectivity index (χ0n) is 19.3. The minimum absolute atomic E-state index is 0.00810. The maximum absolute atomic E-state index is 12.9. The number of pyridine rings is 1. The Hall–Kier alpha value is -3.77. The van der Waals surface area contributed by atoms with E-state index in [0.29, 0.717) is 29.2 Å². The largest absolute Gasteiger partial charge is 0.380 e. The summed E-state index contributed by atoms with van der Waals surface area (Å²) in [6, 6.07) is 19.6. The van der Waals surface area contributed by atoms with E-state index in [2.05, 4.69) is 16.4 Å². The first-order valence-electron chi connectivity index (χ1n) is 11.5. The van der Waals surface area contributed by atoms with E-state index in [4.69, 9.17) is 11.6 Å². The van der Waals surface area contributed by atoms with Gasteiger partial charge in [0.2, 0.25) is 0 Å². The fourth-order valence-corrected chi connectivity index (χ4v) is 4.54. The zero-order chi connectivity index (χ0) is 25.7. The van der Waals surface area contributed by atoms with E-state index in [9.17, 15) is 25.1 Å². The number of aromatic nitrogens is 1. The van der Waals surface area contributed by atoms with Crippen LogP contribution in [0, 0.1) is 11.3 Å². The molecule has 1 aliphatic heterocycles. The molecule has 0 radical (unpaired) electrons. The van der Waals surface area contributed by atoms with Crippen molar-refractivity contribution in [2.24, 2.45) is 0 Å². The highest BCUT2D eigenvalue weighted by Gasteiger charge is 2.38. The lowest BCUT2D eigenvalue weighted by molar-refractivity contribution is -0.153. The average molecular weight is 505 g/mol. The molecule has 8 nitrogen and oxygen atoms in total. The highest BCUT2D eigenvalue weighted by atomic mass is 35.5. The molecule has 3 N–H and O–H groups in total. The van der Waals surface area contributed by atoms with Gasteiger partial charge in [-0.2, -0.15) is 5.26 Å². The molecule has 1 aromatic heterocycles. The number of rotatable bonds is 7. The summed E-state index contributed by atoms with van der Waals surface area (Å²) in [5.41, 5.74) is 3.38. The first kappa shape index (κ1) is 25.3. The predicted octanol–water partition coefficient (Wildman–Crippen LogP) is 2.98. The Morgan fingerprint density at radius 3 is 2.67 bits per heavy atom. The van der Waals surface area contributed by atoms with Crippen LogP contribution in [0.4, 0.5) is 0 Å². The minimum Gasteiger partial charge on any atom is -0.380 e. The van der Waals surface area contributed by atoms with Crippen LogP contribution < -0.4 is 5.32 Å². The number of nitrogens with one attached hydrogen (secondary N) is 1. The number of nitriles is 1. The standard InChI is InChI=1S/C27H25ClN4O4/c28-20-7-3-6-17(13-20)23-9-4-12-32(23)27(36)25(34)24(33)26(35)31-16-21-11-10-19(15-30-21)22-8-2-1-5-18(22)14-29/h1-3,5-8,10-11,13,15,23-25,33-34H,4,9,12,16H2,(H,31,35)/t23?,24-,25-/m1/s1. The Labute approximate surface area is 213 Å². The van der Waals surface area contributed by atoms with Crippen molar-refractivity contribution in [2.75, 3.05) is 6.54 Å². The lowest BCUT2D eigenvalue weighted by atomic mass is 10.0. The molecular formula is C27H25ClN4O4. The smallest absolute Gasteiger partial charge is 0.255 e. The summed E-state index contributed by atoms with van der Waals surface area (Å²) in [5.74, 6) is -1.59. The number of carbonyl (C=O) groups excluding carboxylic acids is 2. The molecule has 0 spiro atoms. The second kappa shape index (κ2) is 11.3. The number of aliphatic hydroxyl groups excluding tert-OH is 2. The van der Waals surface area contributed by atoms with Gasteiger partial charge in [-0.05, 0) is 42.7 Å². The Morgan fingerprint density at radius 2 is 1.94 bits per heavy atom. The number of halogens is 1. The fraction of sp³-hybridized carbons (Fsp3) is 0.259. The number of benzene rings is 2. The van der Waals surface area contributed by atoms with Gasteiger partial charge in [-0.15, -0.1) is 0 Å². The molecule has 2 amide bonds. The van der Waals surface area contributed by atoms with Crippen molar-refractivity contribution in [1.82, 2.24) is 15.2 Å². The number of nitrogens with zero attached hydrogens (tertiary/aromatic N) is 3. The Kier molecular flexibility index (Phi) is 7.96. The molecule has 4 rings (SSSR count). The third-order valence-corrected chi connectivity index (χ3v) is 6.45. The molecule has 2 aromatic carbocycles. The number of aliphatic hydroxyl groups is 2. The van der Waals surface area contributed by atoms with Crippen molar-refractivity contribution in [3.63, 3.8) is 0 Å². The van der Waals surface area contributed by atoms with Gasteiger partial charge in [0.15, 0.2) is 12.2 Å². The van der Waals surface area contributed by atoms with Crippen LogP contribution in [-0.2, 0) is 16.1 Å². The molecular weight excluding hydrogens is 480 g/mol. The van der Waals surface area contributed by atoms with Crippen molar-refractivity contribution < 1.29 is 19.8 Å². The molecule has 0 saturated carbocycles. The zero-order valence-corrected chi connectivity index (χ0v) is 20.1. The normalized spacial score (nSPS) is 16.7. The third kappa shape index (κ3) is 5.55. The Balaban J connectivity index is 1.35. The molecule has 0 bridgehead atoms. The van der Waals surface area contributed by atoms with Crippen LogP contribution in [0.1, 0.15) is 35.7 Å². The first-order chi connectivity index (χ1) is 17.4. The molecule has 1 saturated heterocycles. The van der Waals surface area contributed by atoms with Gasteiger partial charge in [-0.1, -0.05) is 48.0 Å². The van der Waals surface area contributed by atoms with Gasteiger partial charge in [-0.25, -0.2) is 0 Å². The third-order valence-electron chi connectivity index (χ3n) is 6.22. The highest BCUT2D eigenvalue weighted by molar-refractivity contribution is 6.30. The quantitative estimate of drug-likeness (QED) is 0.454. The molecule has 3 atom stereocenters. The van der Waals surface area contributed by atoms with E-state index < -0.39 is 24.0 Å². The lowest BCUT2D eigenvalue weighted by Crippen LogP contribution is -2.50. The molecule has 2 heterocycles. The van der Waals surface area contributed by atoms with Crippen LogP contribution in [0.3, 0.4) is 0 Å². The molecule has 36 heavy (non-hydrogen) atoms. The minimum atomic E-state index is -1.93. The maximum Gasteiger partial charge on any atom is 0.255 e. The number of likely N-dealkylation sites (tertiary alicyclic amines) is 1. The summed E-state index contributed by atoms with van der Waals surface area (Å²) in [4.78, 5) is 31.2. The number of hydrogen-bond donors (Lipinski definition) is 3. The number of amides is 2. The van der Waals surface area contributed by atoms with Crippen LogP contribution >= 0.6 is 11.6 Å². The molecule has 1 unspecified atom stereocenters. The van der Waals surface area contributed by atoms with Gasteiger partial charge in [0.05, 0.1) is 29.9 Å². The summed E-state index contributed by atoms with van der Waals surface area (Å²) in [5, 5.41) is 33.2. The van der Waals surface area contributed by atoms with Crippen LogP contribution in [0.5, 0.6) is 0 Å². The van der Waals surface area contributed by atoms with Crippen molar-refractivity contribution >= 4 is 23.4 Å². The van der Waals surface area contributed by atoms with Gasteiger partial charge < -0.3 is 20.4 Å². The van der Waals surface area contributed by atoms with Gasteiger partial charge in [-0.3, -0.25) is 14.6 Å². The monoisotopic (exact) mass is 504 g/mol. The number of hydrogen-bond acceptors (Lipinski definition) is 6. The van der Waals surface area contributed by atoms with Gasteiger partial charge in [0.1, 0.15) is 0 Å². The SMILES string of the molecule is N#Cc1ccccc1-c1ccc(CNC(=O)[C@H](O)[C@@H](O)C(=O)N2CCCC2c2cccc(Cl)c2)nc1. The van der Waals surface area contributed by atoms with Crippen molar-refractivity contribution in [3.8, 4) is 17.2 Å². The fourth-order valence-electron chi connectivity index (χ4n) is 4.34. The van der Waals surface area contributed by atoms with E-state index in [1.54, 1.807) is 48.7 Å². The number of carbonyl (C=O) groups is 2. The maximum atomic E-state index is 12.9. The van der Waals surface area contributed by atoms with Crippen LogP contribution in [0.2, 0.25) is 5.02 Å². The van der Waals surface area contributed by atoms with Gasteiger partial charge in [0, 0.05) is 28.9 Å². The Morgan fingerprint density at radius 1 is 1.14 bits per heavy atom. The molecule has 1 fully saturated rings. The molecule has 3 aromatic rings. The topological polar surface area (TPSA) is 127 Å². The highest BCUT2D eigenvalue weighted by Crippen LogP contribution is 2.33. The summed E-state index contributed by atoms with van der Waals surface area (Å²) in [7, 11) is 0. The van der Waals surface area contributed by atoms with Crippen LogP contribution in [0.15, 0.2) is 66.9 Å². The summed E-state index contributed by atoms with van der Waals surface area (Å²) in [6.07, 6.45) is -0.807. The van der Waals surface area contributed by atoms with E-state index in [1.807, 2.05) is 18.2 Å². The lowest BCUT2D eigenvalue weighted by Gasteiger charge is -2.28. The van der Waals surface area contributed by atoms with E-state index >= 15 is 0 Å². The van der Waals surface area contributed by atoms with Gasteiger partial charge >= 0.3 is 0 Å². The summed E-state index contributed by atoms with van der Waals surface area (Å²) < 4.78 is 0. The van der Waals surface area contributed by atoms with E-state index in [1.165, 1.54) is 4.90 Å². The first-order valence-corrected chi connectivity index (χ1v) is 11.9. The van der Waals surface area contributed by atoms with Crippen molar-refractivity contribution in [1.29, 1.82) is 5.26 Å². The average Bonchev–Trinajstić information content (AvgIpc) is 3.41. The second-order valence-corrected chi connectivity index (χ2v) is 8.98. The van der Waals surface area contributed by atoms with E-state index in [0.717, 1.165) is 23.1 Å². The Bertz CT molecular complexity index is 1290. The van der Waals surface area contributed by atoms with Crippen LogP contribution in [0.25, 0.3) is 11.1 Å². The van der Waals surface area contributed by atoms with Crippen molar-refractivity contribution in [3.05, 3.63) is 88.7 Å². The van der Waals surface area contributed by atoms with E-state index in [-0.39, 0.29) is 12.6 Å². The second-order valence-electron chi connectivity index (χ2n) is 8.55. The molecule has 1 aliphatic rings. The summed E-state index contributed by atoms with van der Waals surface area (Å²) in [6.45, 7) is 0.401. The molecule has 9 heteroatoms. The predicted molar refractivity (Wildman–Crippen MR) is 133 cm³/mol. The van der Waals surface area contributed by atoms with Gasteiger partial charge in [0.25, 0.3) is 11.8 Å². The molecule has 0 aliphatic carbocycles. The molecule has 184 valence electrons.